The SMILES string of the molecule is CCn1c(C2CC2)c(C(=O)O)c(=O)c2c([N+](=O)[O-])c(F)c(F)c(O)c21. The third-order valence-corrected chi connectivity index (χ3v) is 4.25. The molecule has 0 radical (unpaired) electrons. The van der Waals surface area contributed by atoms with Crippen LogP contribution in [0.2, 0.25) is 0 Å². The van der Waals surface area contributed by atoms with E-state index in [0.29, 0.717) is 12.8 Å². The molecular formula is C15H12F2N2O6. The minimum atomic E-state index is -2.01. The maximum Gasteiger partial charge on any atom is 0.341 e. The normalized spacial score (nSPS) is 14.0. The molecule has 10 heteroatoms. The molecule has 0 bridgehead atoms. The number of nitrogens with zero attached hydrogens (tertiary/aromatic N) is 2. The van der Waals surface area contributed by atoms with Crippen molar-refractivity contribution in [1.82, 2.24) is 4.57 Å². The van der Waals surface area contributed by atoms with Crippen LogP contribution in [0.25, 0.3) is 10.9 Å². The Bertz CT molecular complexity index is 1010. The number of aromatic nitrogens is 1. The number of aromatic hydroxyl groups is 1. The number of hydrogen-bond donors (Lipinski definition) is 2. The van der Waals surface area contributed by atoms with E-state index in [1.165, 1.54) is 6.92 Å². The minimum Gasteiger partial charge on any atom is -0.503 e. The second-order valence-corrected chi connectivity index (χ2v) is 5.72. The second kappa shape index (κ2) is 5.50. The molecule has 1 aromatic carbocycles. The number of nitro benzene ring substituents is 1. The van der Waals surface area contributed by atoms with E-state index in [1.807, 2.05) is 0 Å². The van der Waals surface area contributed by atoms with Crippen molar-refractivity contribution in [3.8, 4) is 5.75 Å². The van der Waals surface area contributed by atoms with Gasteiger partial charge in [-0.2, -0.15) is 8.78 Å². The van der Waals surface area contributed by atoms with Crippen molar-refractivity contribution in [3.63, 3.8) is 0 Å². The van der Waals surface area contributed by atoms with Gasteiger partial charge in [0.1, 0.15) is 16.5 Å². The van der Waals surface area contributed by atoms with Crippen LogP contribution in [0, 0.1) is 21.7 Å². The van der Waals surface area contributed by atoms with Gasteiger partial charge in [-0.15, -0.1) is 0 Å². The van der Waals surface area contributed by atoms with Gasteiger partial charge in [0.15, 0.2) is 5.75 Å². The predicted molar refractivity (Wildman–Crippen MR) is 81.1 cm³/mol. The molecule has 0 aliphatic heterocycles. The maximum absolute atomic E-state index is 14.0. The Balaban J connectivity index is 2.71. The summed E-state index contributed by atoms with van der Waals surface area (Å²) in [6.07, 6.45) is 1.16. The fourth-order valence-electron chi connectivity index (χ4n) is 3.11. The largest absolute Gasteiger partial charge is 0.503 e. The van der Waals surface area contributed by atoms with Crippen molar-refractivity contribution >= 4 is 22.6 Å². The molecule has 0 unspecified atom stereocenters. The highest BCUT2D eigenvalue weighted by Gasteiger charge is 2.38. The van der Waals surface area contributed by atoms with Crippen LogP contribution in [-0.4, -0.2) is 25.7 Å². The molecule has 0 atom stereocenters. The van der Waals surface area contributed by atoms with Crippen molar-refractivity contribution in [2.45, 2.75) is 32.2 Å². The molecule has 1 aromatic heterocycles. The number of benzene rings is 1. The Hall–Kier alpha value is -3.04. The first-order valence-electron chi connectivity index (χ1n) is 7.40. The number of pyridine rings is 1. The van der Waals surface area contributed by atoms with Gasteiger partial charge in [-0.05, 0) is 19.8 Å². The number of carboxylic acid groups (broad SMARTS) is 1. The van der Waals surface area contributed by atoms with Crippen LogP contribution in [0.3, 0.4) is 0 Å². The topological polar surface area (TPSA) is 123 Å². The standard InChI is InChI=1S/C15H12F2N2O6/c1-2-18-10(5-3-4-5)7(15(22)23)13(20)6-11(19(24)25)8(16)9(17)14(21)12(6)18/h5,21H,2-4H2,1H3,(H,22,23). The van der Waals surface area contributed by atoms with E-state index in [2.05, 4.69) is 0 Å². The molecular weight excluding hydrogens is 342 g/mol. The van der Waals surface area contributed by atoms with Crippen LogP contribution >= 0.6 is 0 Å². The van der Waals surface area contributed by atoms with E-state index in [9.17, 15) is 38.7 Å². The summed E-state index contributed by atoms with van der Waals surface area (Å²) >= 11 is 0. The van der Waals surface area contributed by atoms with E-state index in [4.69, 9.17) is 0 Å². The van der Waals surface area contributed by atoms with Crippen LogP contribution in [0.15, 0.2) is 4.79 Å². The highest BCUT2D eigenvalue weighted by atomic mass is 19.2. The molecule has 0 saturated heterocycles. The van der Waals surface area contributed by atoms with Gasteiger partial charge in [-0.1, -0.05) is 0 Å². The van der Waals surface area contributed by atoms with Gasteiger partial charge in [-0.25, -0.2) is 4.79 Å². The van der Waals surface area contributed by atoms with Crippen LogP contribution in [0.1, 0.15) is 41.7 Å². The minimum absolute atomic E-state index is 0.00131. The zero-order valence-electron chi connectivity index (χ0n) is 12.9. The molecule has 2 aromatic rings. The number of phenolic OH excluding ortho intramolecular Hbond substituents is 1. The zero-order valence-corrected chi connectivity index (χ0v) is 12.9. The van der Waals surface area contributed by atoms with Gasteiger partial charge in [0.2, 0.25) is 17.1 Å². The second-order valence-electron chi connectivity index (χ2n) is 5.72. The van der Waals surface area contributed by atoms with Crippen molar-refractivity contribution in [2.75, 3.05) is 0 Å². The van der Waals surface area contributed by atoms with E-state index >= 15 is 0 Å². The summed E-state index contributed by atoms with van der Waals surface area (Å²) in [6, 6.07) is 0. The van der Waals surface area contributed by atoms with Gasteiger partial charge >= 0.3 is 11.7 Å². The molecule has 8 nitrogen and oxygen atoms in total. The summed E-state index contributed by atoms with van der Waals surface area (Å²) in [6.45, 7) is 1.53. The number of aromatic carboxylic acids is 1. The molecule has 132 valence electrons. The van der Waals surface area contributed by atoms with Gasteiger partial charge < -0.3 is 14.8 Å². The maximum atomic E-state index is 14.0. The summed E-state index contributed by atoms with van der Waals surface area (Å²) in [7, 11) is 0. The van der Waals surface area contributed by atoms with Gasteiger partial charge in [0.05, 0.1) is 4.92 Å². The lowest BCUT2D eigenvalue weighted by Gasteiger charge is -2.18. The molecule has 2 N–H and O–H groups in total. The molecule has 25 heavy (non-hydrogen) atoms. The number of hydrogen-bond acceptors (Lipinski definition) is 5. The lowest BCUT2D eigenvalue weighted by molar-refractivity contribution is -0.386. The number of halogens is 2. The highest BCUT2D eigenvalue weighted by molar-refractivity contribution is 6.00. The van der Waals surface area contributed by atoms with E-state index in [-0.39, 0.29) is 18.2 Å². The van der Waals surface area contributed by atoms with Gasteiger partial charge in [-0.3, -0.25) is 14.9 Å². The smallest absolute Gasteiger partial charge is 0.341 e. The van der Waals surface area contributed by atoms with Crippen LogP contribution < -0.4 is 5.43 Å². The Labute approximate surface area is 138 Å². The summed E-state index contributed by atoms with van der Waals surface area (Å²) in [5.74, 6) is -7.03. The number of nitro groups is 1. The van der Waals surface area contributed by atoms with Crippen molar-refractivity contribution < 1.29 is 28.7 Å². The molecule has 0 amide bonds. The fraction of sp³-hybridized carbons (Fsp3) is 0.333. The first-order chi connectivity index (χ1) is 11.7. The monoisotopic (exact) mass is 354 g/mol. The lowest BCUT2D eigenvalue weighted by atomic mass is 10.0. The summed E-state index contributed by atoms with van der Waals surface area (Å²) in [5.41, 5.74) is -4.02. The zero-order chi connectivity index (χ0) is 18.6. The van der Waals surface area contributed by atoms with Crippen molar-refractivity contribution in [1.29, 1.82) is 0 Å². The lowest BCUT2D eigenvalue weighted by Crippen LogP contribution is -2.25. The molecule has 1 heterocycles. The van der Waals surface area contributed by atoms with E-state index in [1.54, 1.807) is 0 Å². The first kappa shape index (κ1) is 16.8. The van der Waals surface area contributed by atoms with Crippen LogP contribution in [-0.2, 0) is 6.54 Å². The average molecular weight is 354 g/mol. The number of aryl methyl sites for hydroxylation is 1. The number of fused-ring (bicyclic) bond motifs is 1. The average Bonchev–Trinajstić information content (AvgIpc) is 3.36. The van der Waals surface area contributed by atoms with Crippen LogP contribution in [0.5, 0.6) is 5.75 Å². The molecule has 3 rings (SSSR count). The Kier molecular flexibility index (Phi) is 3.70. The third kappa shape index (κ3) is 2.24. The Morgan fingerprint density at radius 1 is 1.36 bits per heavy atom. The van der Waals surface area contributed by atoms with Gasteiger partial charge in [0.25, 0.3) is 0 Å². The summed E-state index contributed by atoms with van der Waals surface area (Å²) in [5, 5.41) is 29.6. The quantitative estimate of drug-likeness (QED) is 0.642. The molecule has 0 spiro atoms. The van der Waals surface area contributed by atoms with E-state index < -0.39 is 55.9 Å². The fourth-order valence-corrected chi connectivity index (χ4v) is 3.11. The number of phenols is 1. The third-order valence-electron chi connectivity index (χ3n) is 4.25. The highest BCUT2D eigenvalue weighted by Crippen LogP contribution is 2.44. The molecule has 1 aliphatic rings. The molecule has 1 fully saturated rings. The van der Waals surface area contributed by atoms with Crippen LogP contribution in [0.4, 0.5) is 14.5 Å². The predicted octanol–water partition coefficient (Wildman–Crippen LogP) is 2.49. The van der Waals surface area contributed by atoms with Gasteiger partial charge in [0, 0.05) is 18.2 Å². The Morgan fingerprint density at radius 3 is 2.40 bits per heavy atom. The number of rotatable bonds is 4. The number of carbonyl (C=O) groups is 1. The van der Waals surface area contributed by atoms with Crippen molar-refractivity contribution in [2.24, 2.45) is 0 Å². The molecule has 1 saturated carbocycles. The summed E-state index contributed by atoms with van der Waals surface area (Å²) < 4.78 is 29.1. The number of carboxylic acids is 1. The summed E-state index contributed by atoms with van der Waals surface area (Å²) in [4.78, 5) is 34.1. The van der Waals surface area contributed by atoms with Crippen molar-refractivity contribution in [3.05, 3.63) is 43.2 Å². The first-order valence-corrected chi connectivity index (χ1v) is 7.40. The van der Waals surface area contributed by atoms with E-state index in [0.717, 1.165) is 4.57 Å². The molecule has 1 aliphatic carbocycles. The Morgan fingerprint density at radius 2 is 1.96 bits per heavy atom.